The van der Waals surface area contributed by atoms with Gasteiger partial charge in [0.25, 0.3) is 0 Å². The highest BCUT2D eigenvalue weighted by Crippen LogP contribution is 2.32. The minimum absolute atomic E-state index is 0.165. The molecule has 0 aromatic carbocycles. The van der Waals surface area contributed by atoms with Crippen LogP contribution in [-0.2, 0) is 24.2 Å². The Morgan fingerprint density at radius 3 is 2.23 bits per heavy atom. The average Bonchev–Trinajstić information content (AvgIpc) is 3.40. The molecule has 11 nitrogen and oxygen atoms in total. The van der Waals surface area contributed by atoms with Crippen molar-refractivity contribution in [3.8, 4) is 0 Å². The van der Waals surface area contributed by atoms with E-state index < -0.39 is 56.0 Å². The Morgan fingerprint density at radius 1 is 1.02 bits per heavy atom. The lowest BCUT2D eigenvalue weighted by molar-refractivity contribution is -0.154. The SMILES string of the molecule is CCCCCCCC(C)[C@H](C(=O)O)N(C)C(=O)[C@@H]1CCCN1C(=O)CNC(=O)NC1(CS(=O)(=O)C(C)(C)C)CCCCC1. The molecule has 248 valence electrons. The van der Waals surface area contributed by atoms with E-state index in [1.807, 2.05) is 6.92 Å². The number of nitrogens with zero attached hydrogens (tertiary/aromatic N) is 2. The van der Waals surface area contributed by atoms with E-state index in [0.29, 0.717) is 38.6 Å². The summed E-state index contributed by atoms with van der Waals surface area (Å²) in [6.07, 6.45) is 10.7. The van der Waals surface area contributed by atoms with Crippen molar-refractivity contribution in [3.05, 3.63) is 0 Å². The maximum absolute atomic E-state index is 13.5. The molecule has 0 aromatic rings. The number of urea groups is 1. The number of carbonyl (C=O) groups excluding carboxylic acids is 3. The van der Waals surface area contributed by atoms with Crippen LogP contribution in [0.15, 0.2) is 0 Å². The monoisotopic (exact) mass is 628 g/mol. The van der Waals surface area contributed by atoms with Crippen molar-refractivity contribution in [2.24, 2.45) is 5.92 Å². The first-order valence-electron chi connectivity index (χ1n) is 16.1. The van der Waals surface area contributed by atoms with Crippen LogP contribution in [0, 0.1) is 5.92 Å². The van der Waals surface area contributed by atoms with Gasteiger partial charge < -0.3 is 25.5 Å². The van der Waals surface area contributed by atoms with Gasteiger partial charge in [0.1, 0.15) is 12.1 Å². The second kappa shape index (κ2) is 16.1. The van der Waals surface area contributed by atoms with Gasteiger partial charge in [0, 0.05) is 13.6 Å². The van der Waals surface area contributed by atoms with Crippen LogP contribution in [0.1, 0.15) is 118 Å². The van der Waals surface area contributed by atoms with Crippen LogP contribution in [0.4, 0.5) is 4.79 Å². The van der Waals surface area contributed by atoms with Gasteiger partial charge in [-0.1, -0.05) is 65.2 Å². The van der Waals surface area contributed by atoms with Crippen LogP contribution < -0.4 is 10.6 Å². The number of likely N-dealkylation sites (tertiary alicyclic amines) is 1. The molecule has 1 saturated carbocycles. The number of carboxylic acids is 1. The molecule has 2 rings (SSSR count). The molecule has 2 aliphatic rings. The summed E-state index contributed by atoms with van der Waals surface area (Å²) in [5.41, 5.74) is -0.898. The molecule has 0 aromatic heterocycles. The first-order valence-corrected chi connectivity index (χ1v) is 17.8. The largest absolute Gasteiger partial charge is 0.480 e. The Balaban J connectivity index is 2.01. The second-order valence-electron chi connectivity index (χ2n) is 13.7. The number of sulfone groups is 1. The third-order valence-corrected chi connectivity index (χ3v) is 12.0. The zero-order chi connectivity index (χ0) is 32.4. The fraction of sp³-hybridized carbons (Fsp3) is 0.871. The number of nitrogens with one attached hydrogen (secondary N) is 2. The Labute approximate surface area is 258 Å². The normalized spacial score (nSPS) is 20.2. The first kappa shape index (κ1) is 36.8. The van der Waals surface area contributed by atoms with Crippen LogP contribution in [0.3, 0.4) is 0 Å². The van der Waals surface area contributed by atoms with Crippen molar-refractivity contribution in [3.63, 3.8) is 0 Å². The van der Waals surface area contributed by atoms with Crippen molar-refractivity contribution in [2.45, 2.75) is 140 Å². The van der Waals surface area contributed by atoms with E-state index in [-0.39, 0.29) is 18.2 Å². The zero-order valence-electron chi connectivity index (χ0n) is 27.2. The van der Waals surface area contributed by atoms with Crippen LogP contribution in [0.2, 0.25) is 0 Å². The Kier molecular flexibility index (Phi) is 13.8. The first-order chi connectivity index (χ1) is 20.0. The van der Waals surface area contributed by atoms with Crippen LogP contribution in [0.25, 0.3) is 0 Å². The molecule has 2 fully saturated rings. The Hall–Kier alpha value is -2.37. The molecule has 1 aliphatic heterocycles. The summed E-state index contributed by atoms with van der Waals surface area (Å²) in [6, 6.07) is -2.39. The summed E-state index contributed by atoms with van der Waals surface area (Å²) in [5.74, 6) is -2.30. The summed E-state index contributed by atoms with van der Waals surface area (Å²) in [7, 11) is -2.00. The average molecular weight is 629 g/mol. The number of likely N-dealkylation sites (N-methyl/N-ethyl adjacent to an activating group) is 1. The van der Waals surface area contributed by atoms with Crippen LogP contribution in [0.5, 0.6) is 0 Å². The third kappa shape index (κ3) is 10.4. The van der Waals surface area contributed by atoms with Gasteiger partial charge in [0.15, 0.2) is 9.84 Å². The third-order valence-electron chi connectivity index (χ3n) is 9.17. The summed E-state index contributed by atoms with van der Waals surface area (Å²) >= 11 is 0. The highest BCUT2D eigenvalue weighted by Gasteiger charge is 2.43. The maximum atomic E-state index is 13.5. The highest BCUT2D eigenvalue weighted by molar-refractivity contribution is 7.92. The molecule has 1 heterocycles. The molecular weight excluding hydrogens is 572 g/mol. The number of carboxylic acid groups (broad SMARTS) is 1. The number of aliphatic carboxylic acids is 1. The number of unbranched alkanes of at least 4 members (excludes halogenated alkanes) is 4. The standard InChI is InChI=1S/C31H56N4O7S/c1-7-8-9-10-12-16-23(2)26(28(38)39)34(6)27(37)24-17-15-20-35(24)25(36)21-32-29(40)33-31(18-13-11-14-19-31)22-43(41,42)30(3,4)5/h23-24,26H,7-22H2,1-6H3,(H,38,39)(H2,32,33,40)/t23?,24-,26+/m0/s1. The van der Waals surface area contributed by atoms with E-state index in [4.69, 9.17) is 0 Å². The number of rotatable bonds is 15. The van der Waals surface area contributed by atoms with Gasteiger partial charge in [-0.3, -0.25) is 9.59 Å². The number of amides is 4. The van der Waals surface area contributed by atoms with E-state index in [1.165, 1.54) is 16.8 Å². The van der Waals surface area contributed by atoms with Crippen LogP contribution in [-0.4, -0.2) is 95.4 Å². The second-order valence-corrected chi connectivity index (χ2v) is 16.4. The van der Waals surface area contributed by atoms with Gasteiger partial charge in [-0.15, -0.1) is 0 Å². The summed E-state index contributed by atoms with van der Waals surface area (Å²) in [6.45, 7) is 8.93. The summed E-state index contributed by atoms with van der Waals surface area (Å²) in [5, 5.41) is 15.4. The highest BCUT2D eigenvalue weighted by atomic mass is 32.2. The van der Waals surface area contributed by atoms with Crippen molar-refractivity contribution < 1.29 is 32.7 Å². The fourth-order valence-corrected chi connectivity index (χ4v) is 7.89. The van der Waals surface area contributed by atoms with E-state index in [0.717, 1.165) is 51.4 Å². The van der Waals surface area contributed by atoms with Gasteiger partial charge in [0.2, 0.25) is 11.8 Å². The van der Waals surface area contributed by atoms with Gasteiger partial charge in [-0.05, 0) is 58.8 Å². The van der Waals surface area contributed by atoms with Crippen molar-refractivity contribution in [1.82, 2.24) is 20.4 Å². The molecule has 0 bridgehead atoms. The van der Waals surface area contributed by atoms with Gasteiger partial charge in [0.05, 0.1) is 22.6 Å². The lowest BCUT2D eigenvalue weighted by Crippen LogP contribution is -2.59. The quantitative estimate of drug-likeness (QED) is 0.231. The molecule has 0 spiro atoms. The fourth-order valence-electron chi connectivity index (χ4n) is 6.37. The van der Waals surface area contributed by atoms with E-state index in [2.05, 4.69) is 17.6 Å². The Morgan fingerprint density at radius 2 is 1.65 bits per heavy atom. The smallest absolute Gasteiger partial charge is 0.326 e. The van der Waals surface area contributed by atoms with Crippen molar-refractivity contribution in [2.75, 3.05) is 25.9 Å². The molecule has 3 N–H and O–H groups in total. The molecular formula is C31H56N4O7S. The van der Waals surface area contributed by atoms with E-state index in [9.17, 15) is 32.7 Å². The van der Waals surface area contributed by atoms with Gasteiger partial charge in [-0.25, -0.2) is 18.0 Å². The number of carbonyl (C=O) groups is 4. The number of hydrogen-bond acceptors (Lipinski definition) is 6. The zero-order valence-corrected chi connectivity index (χ0v) is 28.1. The molecule has 1 unspecified atom stereocenters. The maximum Gasteiger partial charge on any atom is 0.326 e. The predicted octanol–water partition coefficient (Wildman–Crippen LogP) is 4.10. The molecule has 3 atom stereocenters. The van der Waals surface area contributed by atoms with E-state index in [1.54, 1.807) is 20.8 Å². The molecule has 4 amide bonds. The molecule has 1 saturated heterocycles. The minimum atomic E-state index is -3.50. The van der Waals surface area contributed by atoms with Gasteiger partial charge in [-0.2, -0.15) is 0 Å². The van der Waals surface area contributed by atoms with Crippen molar-refractivity contribution >= 4 is 33.7 Å². The lowest BCUT2D eigenvalue weighted by atomic mass is 9.83. The number of hydrogen-bond donors (Lipinski definition) is 3. The topological polar surface area (TPSA) is 153 Å². The molecule has 12 heteroatoms. The minimum Gasteiger partial charge on any atom is -0.480 e. The van der Waals surface area contributed by atoms with Crippen LogP contribution >= 0.6 is 0 Å². The summed E-state index contributed by atoms with van der Waals surface area (Å²) < 4.78 is 25.1. The summed E-state index contributed by atoms with van der Waals surface area (Å²) in [4.78, 5) is 54.5. The molecule has 43 heavy (non-hydrogen) atoms. The Bertz CT molecular complexity index is 1070. The predicted molar refractivity (Wildman–Crippen MR) is 167 cm³/mol. The molecule has 1 aliphatic carbocycles. The molecule has 0 radical (unpaired) electrons. The van der Waals surface area contributed by atoms with E-state index >= 15 is 0 Å². The lowest BCUT2D eigenvalue weighted by Gasteiger charge is -2.39. The van der Waals surface area contributed by atoms with Gasteiger partial charge >= 0.3 is 12.0 Å². The van der Waals surface area contributed by atoms with Crippen molar-refractivity contribution in [1.29, 1.82) is 0 Å².